The molecule has 2 aliphatic carbocycles. The number of carbonyl (C=O) groups is 1. The molecule has 0 unspecified atom stereocenters. The Hall–Kier alpha value is -2.07. The van der Waals surface area contributed by atoms with Crippen molar-refractivity contribution in [3.63, 3.8) is 0 Å². The highest BCUT2D eigenvalue weighted by Crippen LogP contribution is 2.59. The van der Waals surface area contributed by atoms with E-state index >= 15 is 0 Å². The highest BCUT2D eigenvalue weighted by atomic mass is 16.5. The molecule has 1 aromatic rings. The molecule has 0 saturated carbocycles. The average molecular weight is 326 g/mol. The van der Waals surface area contributed by atoms with Gasteiger partial charge in [0.15, 0.2) is 17.3 Å². The number of allylic oxidation sites excluding steroid dienone is 4. The number of carbonyl (C=O) groups excluding carboxylic acids is 1. The van der Waals surface area contributed by atoms with Crippen LogP contribution in [0.25, 0.3) is 0 Å². The zero-order valence-corrected chi connectivity index (χ0v) is 14.8. The molecule has 24 heavy (non-hydrogen) atoms. The van der Waals surface area contributed by atoms with Gasteiger partial charge in [0, 0.05) is 29.4 Å². The normalized spacial score (nSPS) is 25.0. The first-order chi connectivity index (χ1) is 11.4. The lowest BCUT2D eigenvalue weighted by Crippen LogP contribution is -2.47. The molecule has 1 heterocycles. The highest BCUT2D eigenvalue weighted by Gasteiger charge is 2.53. The number of likely N-dealkylation sites (N-methyl/N-ethyl adjacent to an activating group) is 1. The van der Waals surface area contributed by atoms with Crippen molar-refractivity contribution < 1.29 is 18.8 Å². The lowest BCUT2D eigenvalue weighted by atomic mass is 9.77. The third-order valence-electron chi connectivity index (χ3n) is 6.02. The van der Waals surface area contributed by atoms with Gasteiger partial charge in [-0.05, 0) is 23.8 Å². The van der Waals surface area contributed by atoms with Crippen molar-refractivity contribution in [2.75, 3.05) is 34.9 Å². The molecule has 0 bridgehead atoms. The van der Waals surface area contributed by atoms with Crippen molar-refractivity contribution >= 4 is 5.78 Å². The van der Waals surface area contributed by atoms with E-state index in [9.17, 15) is 4.79 Å². The van der Waals surface area contributed by atoms with Crippen LogP contribution >= 0.6 is 0 Å². The summed E-state index contributed by atoms with van der Waals surface area (Å²) in [6, 6.07) is 2.55. The SMILES string of the molecule is COc1cc2c3c(c1OC)C1(C=CC(=O)C=C1)C[C@@H]3[N+](C)(C)CC2. The molecule has 1 aliphatic heterocycles. The van der Waals surface area contributed by atoms with Gasteiger partial charge >= 0.3 is 0 Å². The maximum absolute atomic E-state index is 11.7. The Labute approximate surface area is 143 Å². The Kier molecular flexibility index (Phi) is 3.20. The van der Waals surface area contributed by atoms with Crippen molar-refractivity contribution in [3.05, 3.63) is 47.1 Å². The predicted octanol–water partition coefficient (Wildman–Crippen LogP) is 2.71. The predicted molar refractivity (Wildman–Crippen MR) is 92.5 cm³/mol. The first kappa shape index (κ1) is 15.5. The van der Waals surface area contributed by atoms with Crippen LogP contribution in [0.4, 0.5) is 0 Å². The van der Waals surface area contributed by atoms with Crippen LogP contribution in [0.1, 0.15) is 29.2 Å². The van der Waals surface area contributed by atoms with E-state index in [1.807, 2.05) is 0 Å². The van der Waals surface area contributed by atoms with Crippen LogP contribution in [0.15, 0.2) is 30.4 Å². The van der Waals surface area contributed by atoms with E-state index in [0.29, 0.717) is 6.04 Å². The fraction of sp³-hybridized carbons (Fsp3) is 0.450. The van der Waals surface area contributed by atoms with Crippen molar-refractivity contribution in [2.45, 2.75) is 24.3 Å². The molecule has 0 aromatic heterocycles. The fourth-order valence-corrected chi connectivity index (χ4v) is 4.67. The fourth-order valence-electron chi connectivity index (χ4n) is 4.67. The summed E-state index contributed by atoms with van der Waals surface area (Å²) in [6.45, 7) is 1.11. The molecular weight excluding hydrogens is 302 g/mol. The molecule has 4 heteroatoms. The zero-order valence-electron chi connectivity index (χ0n) is 14.8. The molecule has 0 fully saturated rings. The standard InChI is InChI=1S/C20H24NO3/c1-21(2)10-7-13-11-16(23-3)19(24-4)18-17(13)15(21)12-20(18)8-5-14(22)6-9-20/h5-6,8-9,11,15H,7,10,12H2,1-4H3/q+1/t15-/m0/s1. The second kappa shape index (κ2) is 4.96. The van der Waals surface area contributed by atoms with Gasteiger partial charge in [0.05, 0.1) is 34.9 Å². The minimum Gasteiger partial charge on any atom is -0.493 e. The average Bonchev–Trinajstić information content (AvgIpc) is 2.91. The number of rotatable bonds is 2. The van der Waals surface area contributed by atoms with Crippen LogP contribution in [-0.4, -0.2) is 45.1 Å². The van der Waals surface area contributed by atoms with Crippen molar-refractivity contribution in [1.82, 2.24) is 0 Å². The molecule has 0 radical (unpaired) electrons. The van der Waals surface area contributed by atoms with Gasteiger partial charge in [0.1, 0.15) is 6.04 Å². The van der Waals surface area contributed by atoms with Gasteiger partial charge in [0.2, 0.25) is 0 Å². The van der Waals surface area contributed by atoms with Gasteiger partial charge in [-0.25, -0.2) is 0 Å². The van der Waals surface area contributed by atoms with Crippen molar-refractivity contribution in [3.8, 4) is 11.5 Å². The van der Waals surface area contributed by atoms with Gasteiger partial charge in [-0.3, -0.25) is 4.79 Å². The van der Waals surface area contributed by atoms with E-state index in [2.05, 4.69) is 32.3 Å². The Morgan fingerprint density at radius 2 is 1.88 bits per heavy atom. The monoisotopic (exact) mass is 326 g/mol. The molecule has 126 valence electrons. The summed E-state index contributed by atoms with van der Waals surface area (Å²) >= 11 is 0. The summed E-state index contributed by atoms with van der Waals surface area (Å²) in [6.07, 6.45) is 9.52. The molecule has 0 saturated heterocycles. The summed E-state index contributed by atoms with van der Waals surface area (Å²) in [5.41, 5.74) is 3.67. The molecule has 4 rings (SSSR count). The number of hydrogen-bond acceptors (Lipinski definition) is 3. The topological polar surface area (TPSA) is 35.5 Å². The number of nitrogens with zero attached hydrogens (tertiary/aromatic N) is 1. The van der Waals surface area contributed by atoms with Crippen LogP contribution in [0, 0.1) is 0 Å². The van der Waals surface area contributed by atoms with Gasteiger partial charge < -0.3 is 14.0 Å². The van der Waals surface area contributed by atoms with Crippen molar-refractivity contribution in [1.29, 1.82) is 0 Å². The summed E-state index contributed by atoms with van der Waals surface area (Å²) < 4.78 is 12.4. The molecule has 0 N–H and O–H groups in total. The Morgan fingerprint density at radius 1 is 1.17 bits per heavy atom. The minimum atomic E-state index is -0.275. The maximum atomic E-state index is 11.7. The number of quaternary nitrogens is 1. The van der Waals surface area contributed by atoms with Crippen LogP contribution in [0.5, 0.6) is 11.5 Å². The Bertz CT molecular complexity index is 773. The van der Waals surface area contributed by atoms with E-state index in [1.165, 1.54) is 16.7 Å². The molecule has 1 aromatic carbocycles. The van der Waals surface area contributed by atoms with E-state index < -0.39 is 0 Å². The molecule has 3 aliphatic rings. The van der Waals surface area contributed by atoms with Crippen LogP contribution < -0.4 is 9.47 Å². The number of benzene rings is 1. The van der Waals surface area contributed by atoms with Crippen LogP contribution in [-0.2, 0) is 16.6 Å². The third-order valence-corrected chi connectivity index (χ3v) is 6.02. The van der Waals surface area contributed by atoms with Crippen LogP contribution in [0.3, 0.4) is 0 Å². The zero-order chi connectivity index (χ0) is 17.1. The number of ketones is 1. The summed E-state index contributed by atoms with van der Waals surface area (Å²) in [7, 11) is 7.99. The Balaban J connectivity index is 2.04. The highest BCUT2D eigenvalue weighted by molar-refractivity contribution is 6.01. The lowest BCUT2D eigenvalue weighted by molar-refractivity contribution is -0.923. The van der Waals surface area contributed by atoms with Gasteiger partial charge in [0.25, 0.3) is 0 Å². The summed E-state index contributed by atoms with van der Waals surface area (Å²) in [5, 5.41) is 0. The molecule has 1 atom stereocenters. The summed E-state index contributed by atoms with van der Waals surface area (Å²) in [5.74, 6) is 1.65. The Morgan fingerprint density at radius 3 is 2.50 bits per heavy atom. The summed E-state index contributed by atoms with van der Waals surface area (Å²) in [4.78, 5) is 11.7. The molecule has 0 amide bonds. The number of hydrogen-bond donors (Lipinski definition) is 0. The van der Waals surface area contributed by atoms with Crippen LogP contribution in [0.2, 0.25) is 0 Å². The van der Waals surface area contributed by atoms with Gasteiger partial charge in [-0.15, -0.1) is 0 Å². The number of fused-ring (bicyclic) bond motifs is 1. The third kappa shape index (κ3) is 1.92. The number of methoxy groups -OCH3 is 2. The van der Waals surface area contributed by atoms with E-state index in [-0.39, 0.29) is 11.2 Å². The van der Waals surface area contributed by atoms with E-state index in [0.717, 1.165) is 35.4 Å². The minimum absolute atomic E-state index is 0.0522. The second-order valence-electron chi connectivity index (χ2n) is 7.64. The molecule has 4 nitrogen and oxygen atoms in total. The molecular formula is C20H24NO3+. The molecule has 1 spiro atoms. The van der Waals surface area contributed by atoms with Gasteiger partial charge in [-0.2, -0.15) is 0 Å². The number of ether oxygens (including phenoxy) is 2. The maximum Gasteiger partial charge on any atom is 0.178 e. The largest absolute Gasteiger partial charge is 0.493 e. The van der Waals surface area contributed by atoms with Crippen molar-refractivity contribution in [2.24, 2.45) is 0 Å². The van der Waals surface area contributed by atoms with Gasteiger partial charge in [-0.1, -0.05) is 12.2 Å². The second-order valence-corrected chi connectivity index (χ2v) is 7.64. The first-order valence-electron chi connectivity index (χ1n) is 8.45. The first-order valence-corrected chi connectivity index (χ1v) is 8.45. The van der Waals surface area contributed by atoms with E-state index in [1.54, 1.807) is 26.4 Å². The smallest absolute Gasteiger partial charge is 0.178 e. The van der Waals surface area contributed by atoms with E-state index in [4.69, 9.17) is 9.47 Å². The quantitative estimate of drug-likeness (QED) is 0.784. The lowest BCUT2D eigenvalue weighted by Gasteiger charge is -2.41.